The minimum absolute atomic E-state index is 0.169. The molecular formula is C13H20N. The standard InChI is InChI=1S/C13H20N/c1-3-5-11-13(14,4-2)12-9-7-6-8-10-12/h6-9H,3-5,11,14H2,1-2H3. The molecule has 0 aliphatic rings. The second-order valence-corrected chi connectivity index (χ2v) is 3.89. The summed E-state index contributed by atoms with van der Waals surface area (Å²) in [6.07, 6.45) is 4.42. The van der Waals surface area contributed by atoms with E-state index in [-0.39, 0.29) is 5.54 Å². The van der Waals surface area contributed by atoms with Crippen molar-refractivity contribution in [1.29, 1.82) is 0 Å². The molecule has 1 rings (SSSR count). The van der Waals surface area contributed by atoms with Gasteiger partial charge in [0.2, 0.25) is 0 Å². The molecule has 1 unspecified atom stereocenters. The Bertz CT molecular complexity index is 255. The summed E-state index contributed by atoms with van der Waals surface area (Å²) in [5, 5.41) is 0. The van der Waals surface area contributed by atoms with E-state index in [4.69, 9.17) is 5.73 Å². The number of nitrogens with two attached hydrogens (primary N) is 1. The van der Waals surface area contributed by atoms with Crippen LogP contribution in [0.4, 0.5) is 0 Å². The molecule has 0 spiro atoms. The van der Waals surface area contributed by atoms with Crippen molar-refractivity contribution in [3.05, 3.63) is 35.9 Å². The van der Waals surface area contributed by atoms with Gasteiger partial charge >= 0.3 is 0 Å². The normalized spacial score (nSPS) is 15.1. The Kier molecular flexibility index (Phi) is 4.15. The van der Waals surface area contributed by atoms with Gasteiger partial charge in [0.25, 0.3) is 0 Å². The zero-order valence-corrected chi connectivity index (χ0v) is 9.22. The predicted molar refractivity (Wildman–Crippen MR) is 61.0 cm³/mol. The van der Waals surface area contributed by atoms with Crippen LogP contribution in [0, 0.1) is 6.07 Å². The summed E-state index contributed by atoms with van der Waals surface area (Å²) < 4.78 is 0. The van der Waals surface area contributed by atoms with Crippen LogP contribution in [0.25, 0.3) is 0 Å². The van der Waals surface area contributed by atoms with Crippen LogP contribution in [-0.2, 0) is 5.54 Å². The zero-order valence-electron chi connectivity index (χ0n) is 9.22. The highest BCUT2D eigenvalue weighted by Gasteiger charge is 2.23. The van der Waals surface area contributed by atoms with Gasteiger partial charge in [-0.1, -0.05) is 51.0 Å². The number of rotatable bonds is 5. The van der Waals surface area contributed by atoms with Crippen LogP contribution >= 0.6 is 0 Å². The molecule has 0 fully saturated rings. The molecule has 0 heterocycles. The van der Waals surface area contributed by atoms with Crippen molar-refractivity contribution >= 4 is 0 Å². The van der Waals surface area contributed by atoms with Crippen LogP contribution < -0.4 is 5.73 Å². The van der Waals surface area contributed by atoms with Gasteiger partial charge in [-0.2, -0.15) is 0 Å². The van der Waals surface area contributed by atoms with Crippen LogP contribution in [0.2, 0.25) is 0 Å². The minimum Gasteiger partial charge on any atom is -0.321 e. The van der Waals surface area contributed by atoms with Gasteiger partial charge in [0.1, 0.15) is 0 Å². The second kappa shape index (κ2) is 5.16. The van der Waals surface area contributed by atoms with Gasteiger partial charge in [0.15, 0.2) is 0 Å². The third-order valence-corrected chi connectivity index (χ3v) is 2.85. The summed E-state index contributed by atoms with van der Waals surface area (Å²) in [4.78, 5) is 0. The Hall–Kier alpha value is -0.820. The lowest BCUT2D eigenvalue weighted by atomic mass is 9.84. The van der Waals surface area contributed by atoms with E-state index >= 15 is 0 Å². The van der Waals surface area contributed by atoms with Crippen LogP contribution in [0.3, 0.4) is 0 Å². The van der Waals surface area contributed by atoms with Crippen molar-refractivity contribution in [3.8, 4) is 0 Å². The van der Waals surface area contributed by atoms with Crippen LogP contribution in [0.5, 0.6) is 0 Å². The highest BCUT2D eigenvalue weighted by Crippen LogP contribution is 2.27. The average molecular weight is 190 g/mol. The highest BCUT2D eigenvalue weighted by molar-refractivity contribution is 5.22. The van der Waals surface area contributed by atoms with Crippen molar-refractivity contribution in [2.24, 2.45) is 5.73 Å². The number of benzene rings is 1. The van der Waals surface area contributed by atoms with Gasteiger partial charge in [0, 0.05) is 5.54 Å². The van der Waals surface area contributed by atoms with E-state index in [1.165, 1.54) is 12.8 Å². The molecule has 0 bridgehead atoms. The summed E-state index contributed by atoms with van der Waals surface area (Å²) in [6, 6.07) is 11.3. The van der Waals surface area contributed by atoms with Crippen molar-refractivity contribution in [3.63, 3.8) is 0 Å². The molecule has 14 heavy (non-hydrogen) atoms. The van der Waals surface area contributed by atoms with Crippen LogP contribution in [0.1, 0.15) is 45.1 Å². The van der Waals surface area contributed by atoms with E-state index in [2.05, 4.69) is 26.0 Å². The monoisotopic (exact) mass is 190 g/mol. The fourth-order valence-electron chi connectivity index (χ4n) is 1.70. The first kappa shape index (κ1) is 11.3. The molecule has 0 aliphatic carbocycles. The third kappa shape index (κ3) is 2.58. The number of unbranched alkanes of at least 4 members (excludes halogenated alkanes) is 1. The predicted octanol–water partition coefficient (Wildman–Crippen LogP) is 3.24. The van der Waals surface area contributed by atoms with Crippen molar-refractivity contribution in [1.82, 2.24) is 0 Å². The SMILES string of the molecule is CCCCC(N)(CC)c1[c]cccc1. The van der Waals surface area contributed by atoms with Crippen LogP contribution in [0.15, 0.2) is 24.3 Å². The van der Waals surface area contributed by atoms with Gasteiger partial charge < -0.3 is 5.73 Å². The molecule has 0 saturated heterocycles. The van der Waals surface area contributed by atoms with Gasteiger partial charge in [-0.3, -0.25) is 0 Å². The molecule has 1 atom stereocenters. The van der Waals surface area contributed by atoms with E-state index in [0.29, 0.717) is 0 Å². The molecule has 2 N–H and O–H groups in total. The van der Waals surface area contributed by atoms with Crippen molar-refractivity contribution < 1.29 is 0 Å². The summed E-state index contributed by atoms with van der Waals surface area (Å²) in [5.41, 5.74) is 7.35. The van der Waals surface area contributed by atoms with E-state index in [1.807, 2.05) is 18.2 Å². The fourth-order valence-corrected chi connectivity index (χ4v) is 1.70. The molecule has 77 valence electrons. The molecule has 1 aromatic rings. The summed E-state index contributed by atoms with van der Waals surface area (Å²) >= 11 is 0. The molecule has 0 aromatic heterocycles. The summed E-state index contributed by atoms with van der Waals surface area (Å²) in [7, 11) is 0. The lowest BCUT2D eigenvalue weighted by molar-refractivity contribution is 0.380. The first-order valence-electron chi connectivity index (χ1n) is 5.49. The van der Waals surface area contributed by atoms with Gasteiger partial charge in [0.05, 0.1) is 0 Å². The number of hydrogen-bond acceptors (Lipinski definition) is 1. The Morgan fingerprint density at radius 2 is 2.14 bits per heavy atom. The Labute approximate surface area is 87.3 Å². The Balaban J connectivity index is 2.79. The fraction of sp³-hybridized carbons (Fsp3) is 0.538. The Morgan fingerprint density at radius 1 is 1.36 bits per heavy atom. The lowest BCUT2D eigenvalue weighted by Crippen LogP contribution is -2.35. The van der Waals surface area contributed by atoms with Gasteiger partial charge in [-0.15, -0.1) is 0 Å². The first-order valence-corrected chi connectivity index (χ1v) is 5.49. The topological polar surface area (TPSA) is 26.0 Å². The zero-order chi connectivity index (χ0) is 10.4. The Morgan fingerprint density at radius 3 is 2.64 bits per heavy atom. The summed E-state index contributed by atoms with van der Waals surface area (Å²) in [5.74, 6) is 0. The maximum absolute atomic E-state index is 6.37. The number of hydrogen-bond donors (Lipinski definition) is 1. The van der Waals surface area contributed by atoms with E-state index in [9.17, 15) is 0 Å². The smallest absolute Gasteiger partial charge is 0.0413 e. The maximum atomic E-state index is 6.37. The van der Waals surface area contributed by atoms with Crippen molar-refractivity contribution in [2.75, 3.05) is 0 Å². The van der Waals surface area contributed by atoms with E-state index in [1.54, 1.807) is 0 Å². The minimum atomic E-state index is -0.169. The lowest BCUT2D eigenvalue weighted by Gasteiger charge is -2.28. The maximum Gasteiger partial charge on any atom is 0.0413 e. The molecule has 0 saturated carbocycles. The van der Waals surface area contributed by atoms with Crippen LogP contribution in [-0.4, -0.2) is 0 Å². The average Bonchev–Trinajstić information content (AvgIpc) is 2.27. The molecule has 0 aliphatic heterocycles. The van der Waals surface area contributed by atoms with Gasteiger partial charge in [-0.05, 0) is 24.5 Å². The first-order chi connectivity index (χ1) is 6.73. The van der Waals surface area contributed by atoms with E-state index in [0.717, 1.165) is 18.4 Å². The van der Waals surface area contributed by atoms with Crippen molar-refractivity contribution in [2.45, 2.75) is 45.1 Å². The second-order valence-electron chi connectivity index (χ2n) is 3.89. The quantitative estimate of drug-likeness (QED) is 0.758. The molecule has 1 radical (unpaired) electrons. The van der Waals surface area contributed by atoms with Gasteiger partial charge in [-0.25, -0.2) is 0 Å². The molecule has 0 amide bonds. The highest BCUT2D eigenvalue weighted by atomic mass is 14.7. The molecule has 1 heteroatoms. The largest absolute Gasteiger partial charge is 0.321 e. The third-order valence-electron chi connectivity index (χ3n) is 2.85. The molecular weight excluding hydrogens is 170 g/mol. The van der Waals surface area contributed by atoms with E-state index < -0.39 is 0 Å². The molecule has 1 nitrogen and oxygen atoms in total. The molecule has 1 aromatic carbocycles. The summed E-state index contributed by atoms with van der Waals surface area (Å²) in [6.45, 7) is 4.35.